The lowest BCUT2D eigenvalue weighted by molar-refractivity contribution is -0.132. The van der Waals surface area contributed by atoms with Crippen molar-refractivity contribution in [2.45, 2.75) is 6.04 Å². The van der Waals surface area contributed by atoms with E-state index in [1.54, 1.807) is 22.9 Å². The lowest BCUT2D eigenvalue weighted by Crippen LogP contribution is -2.24. The van der Waals surface area contributed by atoms with E-state index in [2.05, 4.69) is 15.4 Å². The highest BCUT2D eigenvalue weighted by atomic mass is 35.5. The van der Waals surface area contributed by atoms with Crippen LogP contribution in [0.5, 0.6) is 6.01 Å². The van der Waals surface area contributed by atoms with E-state index in [0.717, 1.165) is 5.56 Å². The predicted molar refractivity (Wildman–Crippen MR) is 75.5 cm³/mol. The van der Waals surface area contributed by atoms with E-state index in [4.69, 9.17) is 16.3 Å². The minimum Gasteiger partial charge on any atom is -0.477 e. The molecule has 1 aromatic heterocycles. The third kappa shape index (κ3) is 2.43. The van der Waals surface area contributed by atoms with Crippen LogP contribution in [0.3, 0.4) is 0 Å². The number of carboxylic acids is 1. The number of carbonyl (C=O) groups is 1. The second kappa shape index (κ2) is 5.10. The Bertz CT molecular complexity index is 724. The van der Waals surface area contributed by atoms with E-state index in [-0.39, 0.29) is 11.7 Å². The van der Waals surface area contributed by atoms with Gasteiger partial charge in [0.2, 0.25) is 5.95 Å². The standard InChI is InChI=1S/C13H11ClN4O3/c1-21-13-16-12-15-9(11(19)20)6-10(18(12)17-13)7-2-4-8(14)5-3-7/h2-6,10H,1H3,(H,19,20)(H,15,16,17). The Kier molecular flexibility index (Phi) is 3.26. The molecule has 0 saturated carbocycles. The van der Waals surface area contributed by atoms with Crippen molar-refractivity contribution in [2.24, 2.45) is 0 Å². The molecule has 1 aromatic carbocycles. The Morgan fingerprint density at radius 2 is 2.14 bits per heavy atom. The van der Waals surface area contributed by atoms with Crippen LogP contribution in [-0.4, -0.2) is 33.0 Å². The summed E-state index contributed by atoms with van der Waals surface area (Å²) in [6, 6.07) is 6.86. The van der Waals surface area contributed by atoms with E-state index in [1.807, 2.05) is 12.1 Å². The number of rotatable bonds is 3. The number of nitrogens with one attached hydrogen (secondary N) is 1. The van der Waals surface area contributed by atoms with Crippen molar-refractivity contribution in [1.82, 2.24) is 14.8 Å². The summed E-state index contributed by atoms with van der Waals surface area (Å²) in [5.41, 5.74) is 0.881. The molecule has 108 valence electrons. The number of ether oxygens (including phenoxy) is 1. The van der Waals surface area contributed by atoms with E-state index in [9.17, 15) is 9.90 Å². The SMILES string of the molecule is COc1nc2n(n1)C(c1ccc(Cl)cc1)C=C(C(=O)O)N2. The number of hydrogen-bond acceptors (Lipinski definition) is 5. The maximum atomic E-state index is 11.2. The summed E-state index contributed by atoms with van der Waals surface area (Å²) in [6.45, 7) is 0. The average molecular weight is 307 g/mol. The van der Waals surface area contributed by atoms with Crippen LogP contribution in [0.2, 0.25) is 5.02 Å². The largest absolute Gasteiger partial charge is 0.477 e. The summed E-state index contributed by atoms with van der Waals surface area (Å²) in [7, 11) is 1.45. The molecule has 7 nitrogen and oxygen atoms in total. The van der Waals surface area contributed by atoms with Gasteiger partial charge in [0.05, 0.1) is 7.11 Å². The van der Waals surface area contributed by atoms with Gasteiger partial charge in [-0.25, -0.2) is 9.48 Å². The van der Waals surface area contributed by atoms with Gasteiger partial charge in [-0.2, -0.15) is 4.98 Å². The molecule has 1 aliphatic heterocycles. The smallest absolute Gasteiger partial charge is 0.352 e. The van der Waals surface area contributed by atoms with Gasteiger partial charge in [0.15, 0.2) is 0 Å². The van der Waals surface area contributed by atoms with E-state index in [1.165, 1.54) is 7.11 Å². The molecule has 1 atom stereocenters. The van der Waals surface area contributed by atoms with Crippen LogP contribution < -0.4 is 10.1 Å². The highest BCUT2D eigenvalue weighted by Crippen LogP contribution is 2.30. The third-order valence-corrected chi connectivity index (χ3v) is 3.32. The number of anilines is 1. The normalized spacial score (nSPS) is 16.7. The van der Waals surface area contributed by atoms with Crippen molar-refractivity contribution in [3.63, 3.8) is 0 Å². The van der Waals surface area contributed by atoms with Crippen LogP contribution >= 0.6 is 11.6 Å². The fourth-order valence-corrected chi connectivity index (χ4v) is 2.21. The summed E-state index contributed by atoms with van der Waals surface area (Å²) >= 11 is 5.88. The molecule has 0 saturated heterocycles. The number of hydrogen-bond donors (Lipinski definition) is 2. The minimum absolute atomic E-state index is 0.0394. The zero-order chi connectivity index (χ0) is 15.0. The Morgan fingerprint density at radius 1 is 1.43 bits per heavy atom. The van der Waals surface area contributed by atoms with Crippen LogP contribution in [-0.2, 0) is 4.79 Å². The summed E-state index contributed by atoms with van der Waals surface area (Å²) in [4.78, 5) is 15.3. The highest BCUT2D eigenvalue weighted by Gasteiger charge is 2.27. The Balaban J connectivity index is 2.10. The number of fused-ring (bicyclic) bond motifs is 1. The number of aliphatic carboxylic acids is 1. The first-order chi connectivity index (χ1) is 10.1. The van der Waals surface area contributed by atoms with Gasteiger partial charge in [-0.3, -0.25) is 0 Å². The van der Waals surface area contributed by atoms with Gasteiger partial charge in [0.1, 0.15) is 11.7 Å². The molecule has 2 aromatic rings. The Hall–Kier alpha value is -2.54. The average Bonchev–Trinajstić information content (AvgIpc) is 2.90. The molecule has 0 radical (unpaired) electrons. The van der Waals surface area contributed by atoms with Crippen molar-refractivity contribution < 1.29 is 14.6 Å². The molecular formula is C13H11ClN4O3. The van der Waals surface area contributed by atoms with E-state index >= 15 is 0 Å². The fourth-order valence-electron chi connectivity index (χ4n) is 2.08. The Morgan fingerprint density at radius 3 is 2.76 bits per heavy atom. The van der Waals surface area contributed by atoms with Crippen molar-refractivity contribution in [3.8, 4) is 6.01 Å². The van der Waals surface area contributed by atoms with Gasteiger partial charge in [0, 0.05) is 5.02 Å². The van der Waals surface area contributed by atoms with Crippen molar-refractivity contribution in [2.75, 3.05) is 12.4 Å². The number of carboxylic acid groups (broad SMARTS) is 1. The van der Waals surface area contributed by atoms with Gasteiger partial charge in [-0.05, 0) is 23.8 Å². The lowest BCUT2D eigenvalue weighted by atomic mass is 10.0. The molecule has 0 amide bonds. The number of methoxy groups -OCH3 is 1. The monoisotopic (exact) mass is 306 g/mol. The number of halogens is 1. The van der Waals surface area contributed by atoms with Crippen molar-refractivity contribution in [3.05, 3.63) is 46.6 Å². The first-order valence-electron chi connectivity index (χ1n) is 6.06. The van der Waals surface area contributed by atoms with Crippen molar-refractivity contribution >= 4 is 23.5 Å². The van der Waals surface area contributed by atoms with Crippen LogP contribution in [0.25, 0.3) is 0 Å². The summed E-state index contributed by atoms with van der Waals surface area (Å²) in [5.74, 6) is -0.756. The summed E-state index contributed by atoms with van der Waals surface area (Å²) < 4.78 is 6.56. The molecular weight excluding hydrogens is 296 g/mol. The Labute approximate surface area is 124 Å². The van der Waals surface area contributed by atoms with E-state index in [0.29, 0.717) is 11.0 Å². The van der Waals surface area contributed by atoms with Crippen LogP contribution in [0, 0.1) is 0 Å². The van der Waals surface area contributed by atoms with Crippen LogP contribution in [0.4, 0.5) is 5.95 Å². The van der Waals surface area contributed by atoms with Gasteiger partial charge in [-0.15, -0.1) is 5.10 Å². The zero-order valence-corrected chi connectivity index (χ0v) is 11.7. The minimum atomic E-state index is -1.07. The fraction of sp³-hybridized carbons (Fsp3) is 0.154. The van der Waals surface area contributed by atoms with Gasteiger partial charge in [0.25, 0.3) is 0 Å². The van der Waals surface area contributed by atoms with E-state index < -0.39 is 12.0 Å². The maximum Gasteiger partial charge on any atom is 0.352 e. The first-order valence-corrected chi connectivity index (χ1v) is 6.44. The molecule has 0 fully saturated rings. The molecule has 2 heterocycles. The van der Waals surface area contributed by atoms with Gasteiger partial charge in [-0.1, -0.05) is 23.7 Å². The third-order valence-electron chi connectivity index (χ3n) is 3.07. The predicted octanol–water partition coefficient (Wildman–Crippen LogP) is 1.92. The number of benzene rings is 1. The first kappa shape index (κ1) is 13.4. The summed E-state index contributed by atoms with van der Waals surface area (Å²) in [6.07, 6.45) is 1.56. The molecule has 8 heteroatoms. The van der Waals surface area contributed by atoms with Crippen molar-refractivity contribution in [1.29, 1.82) is 0 Å². The quantitative estimate of drug-likeness (QED) is 0.900. The topological polar surface area (TPSA) is 89.3 Å². The number of allylic oxidation sites excluding steroid dienone is 1. The lowest BCUT2D eigenvalue weighted by Gasteiger charge is -2.22. The summed E-state index contributed by atoms with van der Waals surface area (Å²) in [5, 5.41) is 16.7. The van der Waals surface area contributed by atoms with Gasteiger partial charge < -0.3 is 15.2 Å². The highest BCUT2D eigenvalue weighted by molar-refractivity contribution is 6.30. The molecule has 0 spiro atoms. The number of nitrogens with zero attached hydrogens (tertiary/aromatic N) is 3. The molecule has 1 unspecified atom stereocenters. The molecule has 3 rings (SSSR count). The maximum absolute atomic E-state index is 11.2. The second-order valence-corrected chi connectivity index (χ2v) is 4.81. The molecule has 0 bridgehead atoms. The number of aromatic nitrogens is 3. The second-order valence-electron chi connectivity index (χ2n) is 4.37. The molecule has 21 heavy (non-hydrogen) atoms. The van der Waals surface area contributed by atoms with Crippen LogP contribution in [0.1, 0.15) is 11.6 Å². The molecule has 2 N–H and O–H groups in total. The van der Waals surface area contributed by atoms with Gasteiger partial charge >= 0.3 is 12.0 Å². The zero-order valence-electron chi connectivity index (χ0n) is 10.9. The van der Waals surface area contributed by atoms with Crippen LogP contribution in [0.15, 0.2) is 36.0 Å². The molecule has 1 aliphatic rings. The molecule has 0 aliphatic carbocycles.